The number of anilines is 2. The maximum atomic E-state index is 12.0. The lowest BCUT2D eigenvalue weighted by atomic mass is 10.2. The molecule has 0 amide bonds. The minimum absolute atomic E-state index is 0.00163. The van der Waals surface area contributed by atoms with Crippen molar-refractivity contribution < 1.29 is 13.5 Å². The van der Waals surface area contributed by atoms with Crippen molar-refractivity contribution in [2.75, 3.05) is 10.5 Å². The maximum absolute atomic E-state index is 12.0. The summed E-state index contributed by atoms with van der Waals surface area (Å²) in [5.74, 6) is 0.266. The van der Waals surface area contributed by atoms with E-state index >= 15 is 0 Å². The van der Waals surface area contributed by atoms with Gasteiger partial charge in [-0.15, -0.1) is 0 Å². The van der Waals surface area contributed by atoms with Crippen molar-refractivity contribution in [3.8, 4) is 5.75 Å². The van der Waals surface area contributed by atoms with E-state index in [1.165, 1.54) is 24.4 Å². The number of hydrogen-bond acceptors (Lipinski definition) is 5. The van der Waals surface area contributed by atoms with Crippen LogP contribution in [0.2, 0.25) is 0 Å². The first-order chi connectivity index (χ1) is 8.88. The van der Waals surface area contributed by atoms with Crippen LogP contribution in [0.15, 0.2) is 41.4 Å². The van der Waals surface area contributed by atoms with Gasteiger partial charge in [0.05, 0.1) is 5.69 Å². The van der Waals surface area contributed by atoms with E-state index < -0.39 is 10.0 Å². The van der Waals surface area contributed by atoms with Crippen molar-refractivity contribution in [3.63, 3.8) is 0 Å². The molecule has 1 aromatic carbocycles. The Morgan fingerprint density at radius 3 is 2.58 bits per heavy atom. The van der Waals surface area contributed by atoms with Crippen LogP contribution in [0.25, 0.3) is 0 Å². The fourth-order valence-corrected chi connectivity index (χ4v) is 2.43. The molecule has 0 unspecified atom stereocenters. The third-order valence-corrected chi connectivity index (χ3v) is 3.90. The number of aryl methyl sites for hydroxylation is 1. The standard InChI is InChI=1S/C12H13N3O3S/c1-8-2-3-9(6-11(8)16)15-19(17,18)10-4-5-12(13)14-7-10/h2-7,15-16H,1H3,(H2,13,14). The molecule has 0 atom stereocenters. The molecule has 0 spiro atoms. The molecule has 0 bridgehead atoms. The van der Waals surface area contributed by atoms with Crippen molar-refractivity contribution in [1.82, 2.24) is 4.98 Å². The largest absolute Gasteiger partial charge is 0.508 e. The van der Waals surface area contributed by atoms with Crippen LogP contribution in [-0.2, 0) is 10.0 Å². The first-order valence-electron chi connectivity index (χ1n) is 5.42. The lowest BCUT2D eigenvalue weighted by Gasteiger charge is -2.09. The molecular formula is C12H13N3O3S. The SMILES string of the molecule is Cc1ccc(NS(=O)(=O)c2ccc(N)nc2)cc1O. The second-order valence-corrected chi connectivity index (χ2v) is 5.71. The monoisotopic (exact) mass is 279 g/mol. The molecule has 100 valence electrons. The van der Waals surface area contributed by atoms with E-state index in [2.05, 4.69) is 9.71 Å². The zero-order chi connectivity index (χ0) is 14.0. The average Bonchev–Trinajstić information content (AvgIpc) is 2.34. The van der Waals surface area contributed by atoms with Gasteiger partial charge < -0.3 is 10.8 Å². The van der Waals surface area contributed by atoms with Gasteiger partial charge in [-0.25, -0.2) is 13.4 Å². The van der Waals surface area contributed by atoms with Gasteiger partial charge in [0.2, 0.25) is 0 Å². The van der Waals surface area contributed by atoms with Crippen LogP contribution < -0.4 is 10.5 Å². The first-order valence-corrected chi connectivity index (χ1v) is 6.91. The molecule has 0 aliphatic rings. The van der Waals surface area contributed by atoms with Crippen molar-refractivity contribution in [1.29, 1.82) is 0 Å². The van der Waals surface area contributed by atoms with Gasteiger partial charge in [0.25, 0.3) is 10.0 Å². The van der Waals surface area contributed by atoms with Gasteiger partial charge in [-0.05, 0) is 30.7 Å². The highest BCUT2D eigenvalue weighted by molar-refractivity contribution is 7.92. The van der Waals surface area contributed by atoms with E-state index in [1.54, 1.807) is 19.1 Å². The number of phenols is 1. The molecule has 0 aliphatic heterocycles. The Kier molecular flexibility index (Phi) is 3.30. The number of hydrogen-bond donors (Lipinski definition) is 3. The van der Waals surface area contributed by atoms with Gasteiger partial charge in [0.1, 0.15) is 16.5 Å². The van der Waals surface area contributed by atoms with Crippen LogP contribution in [-0.4, -0.2) is 18.5 Å². The summed E-state index contributed by atoms with van der Waals surface area (Å²) in [6.45, 7) is 1.72. The zero-order valence-corrected chi connectivity index (χ0v) is 11.0. The van der Waals surface area contributed by atoms with Crippen LogP contribution in [0.4, 0.5) is 11.5 Å². The van der Waals surface area contributed by atoms with Gasteiger partial charge in [-0.1, -0.05) is 6.07 Å². The molecule has 2 aromatic rings. The number of nitrogens with two attached hydrogens (primary N) is 1. The number of nitrogens with zero attached hydrogens (tertiary/aromatic N) is 1. The van der Waals surface area contributed by atoms with E-state index in [-0.39, 0.29) is 22.2 Å². The lowest BCUT2D eigenvalue weighted by molar-refractivity contribution is 0.471. The summed E-state index contributed by atoms with van der Waals surface area (Å²) >= 11 is 0. The number of sulfonamides is 1. The minimum Gasteiger partial charge on any atom is -0.508 e. The smallest absolute Gasteiger partial charge is 0.263 e. The fraction of sp³-hybridized carbons (Fsp3) is 0.0833. The van der Waals surface area contributed by atoms with Gasteiger partial charge in [-0.3, -0.25) is 4.72 Å². The molecule has 0 saturated heterocycles. The van der Waals surface area contributed by atoms with Crippen LogP contribution in [0, 0.1) is 6.92 Å². The summed E-state index contributed by atoms with van der Waals surface area (Å²) in [5, 5.41) is 9.54. The molecule has 7 heteroatoms. The molecule has 0 fully saturated rings. The second-order valence-electron chi connectivity index (χ2n) is 4.03. The summed E-state index contributed by atoms with van der Waals surface area (Å²) in [5.41, 5.74) is 6.34. The highest BCUT2D eigenvalue weighted by Crippen LogP contribution is 2.23. The summed E-state index contributed by atoms with van der Waals surface area (Å²) in [6.07, 6.45) is 1.17. The van der Waals surface area contributed by atoms with E-state index in [0.717, 1.165) is 0 Å². The van der Waals surface area contributed by atoms with Crippen molar-refractivity contribution in [2.24, 2.45) is 0 Å². The average molecular weight is 279 g/mol. The summed E-state index contributed by atoms with van der Waals surface area (Å²) in [4.78, 5) is 3.73. The summed E-state index contributed by atoms with van der Waals surface area (Å²) in [6, 6.07) is 7.29. The maximum Gasteiger partial charge on any atom is 0.263 e. The third-order valence-electron chi connectivity index (χ3n) is 2.53. The Bertz CT molecular complexity index is 697. The quantitative estimate of drug-likeness (QED) is 0.789. The second kappa shape index (κ2) is 4.77. The number of pyridine rings is 1. The highest BCUT2D eigenvalue weighted by atomic mass is 32.2. The molecule has 0 aliphatic carbocycles. The zero-order valence-electron chi connectivity index (χ0n) is 10.2. The molecule has 0 radical (unpaired) electrons. The van der Waals surface area contributed by atoms with Crippen molar-refractivity contribution in [2.45, 2.75) is 11.8 Å². The topological polar surface area (TPSA) is 105 Å². The Balaban J connectivity index is 2.30. The first kappa shape index (κ1) is 13.2. The number of rotatable bonds is 3. The Hall–Kier alpha value is -2.28. The number of aromatic hydroxyl groups is 1. The molecule has 6 nitrogen and oxygen atoms in total. The minimum atomic E-state index is -3.74. The number of aromatic nitrogens is 1. The molecule has 1 aromatic heterocycles. The van der Waals surface area contributed by atoms with Gasteiger partial charge in [-0.2, -0.15) is 0 Å². The van der Waals surface area contributed by atoms with Crippen LogP contribution in [0.3, 0.4) is 0 Å². The summed E-state index contributed by atoms with van der Waals surface area (Å²) < 4.78 is 26.4. The van der Waals surface area contributed by atoms with Gasteiger partial charge in [0.15, 0.2) is 0 Å². The molecule has 1 heterocycles. The Morgan fingerprint density at radius 2 is 2.00 bits per heavy atom. The molecule has 0 saturated carbocycles. The van der Waals surface area contributed by atoms with Gasteiger partial charge >= 0.3 is 0 Å². The molecule has 4 N–H and O–H groups in total. The number of nitrogen functional groups attached to an aromatic ring is 1. The molecular weight excluding hydrogens is 266 g/mol. The lowest BCUT2D eigenvalue weighted by Crippen LogP contribution is -2.13. The van der Waals surface area contributed by atoms with Gasteiger partial charge in [0, 0.05) is 12.3 Å². The number of nitrogens with one attached hydrogen (secondary N) is 1. The summed E-state index contributed by atoms with van der Waals surface area (Å²) in [7, 11) is -3.74. The normalized spacial score (nSPS) is 11.2. The predicted octanol–water partition coefficient (Wildman–Crippen LogP) is 1.48. The predicted molar refractivity (Wildman–Crippen MR) is 72.3 cm³/mol. The third kappa shape index (κ3) is 2.94. The Labute approximate surface area is 111 Å². The number of benzene rings is 1. The van der Waals surface area contributed by atoms with E-state index in [9.17, 15) is 13.5 Å². The molecule has 19 heavy (non-hydrogen) atoms. The van der Waals surface area contributed by atoms with E-state index in [1.807, 2.05) is 0 Å². The van der Waals surface area contributed by atoms with E-state index in [0.29, 0.717) is 5.56 Å². The molecule has 2 rings (SSSR count). The van der Waals surface area contributed by atoms with Crippen molar-refractivity contribution >= 4 is 21.5 Å². The van der Waals surface area contributed by atoms with Crippen LogP contribution in [0.1, 0.15) is 5.56 Å². The van der Waals surface area contributed by atoms with Crippen LogP contribution in [0.5, 0.6) is 5.75 Å². The fourth-order valence-electron chi connectivity index (χ4n) is 1.44. The Morgan fingerprint density at radius 1 is 1.26 bits per heavy atom. The van der Waals surface area contributed by atoms with Crippen LogP contribution >= 0.6 is 0 Å². The number of phenolic OH excluding ortho intramolecular Hbond substituents is 1. The van der Waals surface area contributed by atoms with E-state index in [4.69, 9.17) is 5.73 Å². The highest BCUT2D eigenvalue weighted by Gasteiger charge is 2.14. The van der Waals surface area contributed by atoms with Crippen molar-refractivity contribution in [3.05, 3.63) is 42.1 Å².